The van der Waals surface area contributed by atoms with Gasteiger partial charge in [-0.25, -0.2) is 0 Å². The Balaban J connectivity index is 1.89. The number of rotatable bonds is 7. The molecule has 0 aliphatic carbocycles. The van der Waals surface area contributed by atoms with Gasteiger partial charge in [-0.1, -0.05) is 12.1 Å². The molecule has 132 valence electrons. The number of ether oxygens (including phenoxy) is 2. The molecule has 2 rings (SSSR count). The zero-order valence-electron chi connectivity index (χ0n) is 15.0. The number of carbonyl (C=O) groups is 1. The van der Waals surface area contributed by atoms with Crippen LogP contribution in [0.2, 0.25) is 0 Å². The number of nitrogens with one attached hydrogen (secondary N) is 1. The predicted molar refractivity (Wildman–Crippen MR) is 93.5 cm³/mol. The van der Waals surface area contributed by atoms with E-state index in [1.54, 1.807) is 7.11 Å². The lowest BCUT2D eigenvalue weighted by Crippen LogP contribution is -2.41. The smallest absolute Gasteiger partial charge is 0.399 e. The minimum atomic E-state index is -0.405. The van der Waals surface area contributed by atoms with Crippen molar-refractivity contribution in [3.05, 3.63) is 24.3 Å². The zero-order chi connectivity index (χ0) is 17.8. The molecule has 1 aliphatic rings. The van der Waals surface area contributed by atoms with Crippen LogP contribution >= 0.6 is 0 Å². The second kappa shape index (κ2) is 7.65. The van der Waals surface area contributed by atoms with E-state index in [0.29, 0.717) is 18.9 Å². The number of hydrogen-bond acceptors (Lipinski definition) is 5. The van der Waals surface area contributed by atoms with Crippen LogP contribution in [0, 0.1) is 0 Å². The predicted octanol–water partition coefficient (Wildman–Crippen LogP) is 1.59. The van der Waals surface area contributed by atoms with Gasteiger partial charge < -0.3 is 24.1 Å². The van der Waals surface area contributed by atoms with E-state index in [9.17, 15) is 4.79 Å². The molecule has 1 aromatic carbocycles. The third-order valence-corrected chi connectivity index (χ3v) is 4.38. The van der Waals surface area contributed by atoms with Crippen molar-refractivity contribution in [3.8, 4) is 0 Å². The van der Waals surface area contributed by atoms with Crippen molar-refractivity contribution in [3.63, 3.8) is 0 Å². The summed E-state index contributed by atoms with van der Waals surface area (Å²) in [6.07, 6.45) is 0. The van der Waals surface area contributed by atoms with Crippen LogP contribution in [0.15, 0.2) is 24.3 Å². The van der Waals surface area contributed by atoms with E-state index in [0.717, 1.165) is 5.46 Å². The van der Waals surface area contributed by atoms with Crippen molar-refractivity contribution in [1.82, 2.24) is 0 Å². The lowest BCUT2D eigenvalue weighted by Gasteiger charge is -2.32. The minimum Gasteiger partial charge on any atom is -0.399 e. The topological polar surface area (TPSA) is 66.0 Å². The summed E-state index contributed by atoms with van der Waals surface area (Å²) in [6, 6.07) is 7.44. The molecule has 0 unspecified atom stereocenters. The fourth-order valence-corrected chi connectivity index (χ4v) is 2.21. The molecule has 1 aliphatic heterocycles. The number of carbonyl (C=O) groups excluding carboxylic acids is 1. The van der Waals surface area contributed by atoms with Crippen molar-refractivity contribution in [1.29, 1.82) is 0 Å². The fraction of sp³-hybridized carbons (Fsp3) is 0.588. The van der Waals surface area contributed by atoms with Crippen LogP contribution in [-0.4, -0.2) is 51.2 Å². The third-order valence-electron chi connectivity index (χ3n) is 4.38. The molecule has 24 heavy (non-hydrogen) atoms. The summed E-state index contributed by atoms with van der Waals surface area (Å²) in [5.41, 5.74) is 0.882. The molecular weight excluding hydrogens is 309 g/mol. The number of methoxy groups -OCH3 is 1. The van der Waals surface area contributed by atoms with Gasteiger partial charge in [0.05, 0.1) is 24.4 Å². The molecule has 1 aromatic rings. The molecular formula is C17H26BNO5. The maximum atomic E-state index is 11.8. The Bertz CT molecular complexity index is 543. The Kier molecular flexibility index (Phi) is 6.04. The average molecular weight is 335 g/mol. The van der Waals surface area contributed by atoms with Crippen LogP contribution in [0.3, 0.4) is 0 Å². The van der Waals surface area contributed by atoms with Gasteiger partial charge in [0.1, 0.15) is 6.61 Å². The van der Waals surface area contributed by atoms with Gasteiger partial charge >= 0.3 is 7.12 Å². The second-order valence-corrected chi connectivity index (χ2v) is 6.80. The Hall–Kier alpha value is -1.41. The van der Waals surface area contributed by atoms with Gasteiger partial charge in [-0.2, -0.15) is 0 Å². The van der Waals surface area contributed by atoms with Crippen LogP contribution in [0.25, 0.3) is 0 Å². The summed E-state index contributed by atoms with van der Waals surface area (Å²) in [7, 11) is 1.18. The monoisotopic (exact) mass is 335 g/mol. The molecule has 0 saturated carbocycles. The molecule has 0 atom stereocenters. The molecule has 7 heteroatoms. The summed E-state index contributed by atoms with van der Waals surface area (Å²) >= 11 is 0. The Morgan fingerprint density at radius 3 is 2.21 bits per heavy atom. The van der Waals surface area contributed by atoms with E-state index >= 15 is 0 Å². The van der Waals surface area contributed by atoms with E-state index in [1.165, 1.54) is 0 Å². The molecule has 1 heterocycles. The largest absolute Gasteiger partial charge is 0.494 e. The molecule has 0 radical (unpaired) electrons. The number of hydrogen-bond donors (Lipinski definition) is 1. The van der Waals surface area contributed by atoms with Crippen LogP contribution in [-0.2, 0) is 23.6 Å². The second-order valence-electron chi connectivity index (χ2n) is 6.80. The maximum Gasteiger partial charge on any atom is 0.494 e. The normalized spacial score (nSPS) is 18.6. The Labute approximate surface area is 143 Å². The van der Waals surface area contributed by atoms with Crippen LogP contribution in [0.4, 0.5) is 5.69 Å². The number of amides is 1. The summed E-state index contributed by atoms with van der Waals surface area (Å²) in [5, 5.41) is 2.78. The Morgan fingerprint density at radius 2 is 1.67 bits per heavy atom. The molecule has 0 aromatic heterocycles. The van der Waals surface area contributed by atoms with Gasteiger partial charge in [-0.15, -0.1) is 0 Å². The number of benzene rings is 1. The summed E-state index contributed by atoms with van der Waals surface area (Å²) < 4.78 is 22.0. The number of anilines is 1. The molecule has 0 spiro atoms. The average Bonchev–Trinajstić information content (AvgIpc) is 2.73. The molecule has 6 nitrogen and oxygen atoms in total. The van der Waals surface area contributed by atoms with Gasteiger partial charge in [-0.3, -0.25) is 4.79 Å². The lowest BCUT2D eigenvalue weighted by atomic mass is 9.79. The highest BCUT2D eigenvalue weighted by molar-refractivity contribution is 6.62. The molecule has 1 fully saturated rings. The van der Waals surface area contributed by atoms with Crippen molar-refractivity contribution in [2.75, 3.05) is 32.2 Å². The van der Waals surface area contributed by atoms with Crippen molar-refractivity contribution in [2.24, 2.45) is 0 Å². The van der Waals surface area contributed by atoms with Crippen molar-refractivity contribution < 1.29 is 23.6 Å². The third kappa shape index (κ3) is 4.57. The molecule has 1 N–H and O–H groups in total. The first-order chi connectivity index (χ1) is 11.2. The van der Waals surface area contributed by atoms with Gasteiger partial charge in [0, 0.05) is 12.8 Å². The van der Waals surface area contributed by atoms with Gasteiger partial charge in [-0.05, 0) is 45.3 Å². The highest BCUT2D eigenvalue weighted by atomic mass is 16.7. The van der Waals surface area contributed by atoms with Crippen LogP contribution in [0.5, 0.6) is 0 Å². The van der Waals surface area contributed by atoms with E-state index in [4.69, 9.17) is 18.8 Å². The van der Waals surface area contributed by atoms with Gasteiger partial charge in [0.25, 0.3) is 0 Å². The fourth-order valence-electron chi connectivity index (χ4n) is 2.21. The Morgan fingerprint density at radius 1 is 1.08 bits per heavy atom. The summed E-state index contributed by atoms with van der Waals surface area (Å²) in [6.45, 7) is 8.94. The maximum absolute atomic E-state index is 11.8. The first-order valence-electron chi connectivity index (χ1n) is 8.07. The highest BCUT2D eigenvalue weighted by Crippen LogP contribution is 2.36. The highest BCUT2D eigenvalue weighted by Gasteiger charge is 2.51. The SMILES string of the molecule is COCCOCC(=O)Nc1ccc(B2OC(C)(C)C(C)(C)O2)cc1. The standard InChI is InChI=1S/C17H26BNO5/c1-16(2)17(3,4)24-18(23-16)13-6-8-14(9-7-13)19-15(20)12-22-11-10-21-5/h6-9H,10-12H2,1-5H3,(H,19,20). The molecule has 0 bridgehead atoms. The van der Waals surface area contributed by atoms with Crippen molar-refractivity contribution >= 4 is 24.2 Å². The lowest BCUT2D eigenvalue weighted by molar-refractivity contribution is -0.121. The molecule has 1 saturated heterocycles. The quantitative estimate of drug-likeness (QED) is 0.605. The van der Waals surface area contributed by atoms with E-state index in [1.807, 2.05) is 52.0 Å². The van der Waals surface area contributed by atoms with Crippen LogP contribution in [0.1, 0.15) is 27.7 Å². The summed E-state index contributed by atoms with van der Waals surface area (Å²) in [4.78, 5) is 11.8. The molecule has 1 amide bonds. The van der Waals surface area contributed by atoms with Crippen molar-refractivity contribution in [2.45, 2.75) is 38.9 Å². The zero-order valence-corrected chi connectivity index (χ0v) is 15.0. The first kappa shape index (κ1) is 18.9. The van der Waals surface area contributed by atoms with E-state index < -0.39 is 7.12 Å². The summed E-state index contributed by atoms with van der Waals surface area (Å²) in [5.74, 6) is -0.200. The first-order valence-corrected chi connectivity index (χ1v) is 8.07. The van der Waals surface area contributed by atoms with Gasteiger partial charge in [0.2, 0.25) is 5.91 Å². The van der Waals surface area contributed by atoms with Gasteiger partial charge in [0.15, 0.2) is 0 Å². The van der Waals surface area contributed by atoms with E-state index in [2.05, 4.69) is 5.32 Å². The van der Waals surface area contributed by atoms with Crippen LogP contribution < -0.4 is 10.8 Å². The minimum absolute atomic E-state index is 0.00232. The van der Waals surface area contributed by atoms with E-state index in [-0.39, 0.29) is 23.7 Å².